The van der Waals surface area contributed by atoms with E-state index in [0.29, 0.717) is 22.8 Å². The van der Waals surface area contributed by atoms with Gasteiger partial charge in [-0.15, -0.1) is 0 Å². The van der Waals surface area contributed by atoms with Gasteiger partial charge in [0.05, 0.1) is 13.7 Å². The monoisotopic (exact) mass is 368 g/mol. The second-order valence-electron chi connectivity index (χ2n) is 7.59. The maximum atomic E-state index is 12.5. The second kappa shape index (κ2) is 6.95. The number of fused-ring (bicyclic) bond motifs is 1. The number of aryl methyl sites for hydroxylation is 1. The van der Waals surface area contributed by atoms with E-state index in [0.717, 1.165) is 10.9 Å². The molecule has 0 atom stereocenters. The van der Waals surface area contributed by atoms with E-state index < -0.39 is 5.97 Å². The third-order valence-electron chi connectivity index (χ3n) is 4.53. The molecule has 142 valence electrons. The smallest absolute Gasteiger partial charge is 0.341 e. The van der Waals surface area contributed by atoms with E-state index in [2.05, 4.69) is 43.2 Å². The summed E-state index contributed by atoms with van der Waals surface area (Å²) in [6.45, 7) is 8.33. The first kappa shape index (κ1) is 18.8. The zero-order valence-electron chi connectivity index (χ0n) is 16.2. The van der Waals surface area contributed by atoms with Gasteiger partial charge in [0.2, 0.25) is 0 Å². The normalized spacial score (nSPS) is 11.6. The van der Waals surface area contributed by atoms with Crippen LogP contribution in [0, 0.1) is 6.92 Å². The Morgan fingerprint density at radius 2 is 1.93 bits per heavy atom. The Bertz CT molecular complexity index is 1010. The summed E-state index contributed by atoms with van der Waals surface area (Å²) in [4.78, 5) is 27.2. The van der Waals surface area contributed by atoms with Crippen LogP contribution in [0.25, 0.3) is 10.9 Å². The van der Waals surface area contributed by atoms with Crippen molar-refractivity contribution in [1.82, 2.24) is 10.3 Å². The van der Waals surface area contributed by atoms with Crippen LogP contribution >= 0.6 is 0 Å². The number of amides is 1. The van der Waals surface area contributed by atoms with Crippen LogP contribution in [0.15, 0.2) is 34.7 Å². The second-order valence-corrected chi connectivity index (χ2v) is 7.59. The third kappa shape index (κ3) is 3.89. The largest absolute Gasteiger partial charge is 0.465 e. The highest BCUT2D eigenvalue weighted by molar-refractivity contribution is 5.98. The van der Waals surface area contributed by atoms with E-state index in [4.69, 9.17) is 9.15 Å². The molecule has 6 nitrogen and oxygen atoms in total. The molecule has 2 N–H and O–H groups in total. The van der Waals surface area contributed by atoms with Crippen LogP contribution in [0.5, 0.6) is 0 Å². The van der Waals surface area contributed by atoms with Gasteiger partial charge in [-0.1, -0.05) is 26.8 Å². The number of carbonyl (C=O) groups excluding carboxylic acids is 2. The molecule has 0 unspecified atom stereocenters. The standard InChI is InChI=1S/C21H24N2O4/c1-12-16(20(25)26-5)10-15(27-12)11-22-19(24)18-9-13-8-14(21(2,3)4)6-7-17(13)23-18/h6-10,23H,11H2,1-5H3,(H,22,24). The Kier molecular flexibility index (Phi) is 4.83. The van der Waals surface area contributed by atoms with E-state index >= 15 is 0 Å². The number of aromatic nitrogens is 1. The minimum Gasteiger partial charge on any atom is -0.465 e. The maximum Gasteiger partial charge on any atom is 0.341 e. The Morgan fingerprint density at radius 3 is 2.59 bits per heavy atom. The van der Waals surface area contributed by atoms with Crippen LogP contribution in [0.4, 0.5) is 0 Å². The molecule has 0 saturated heterocycles. The van der Waals surface area contributed by atoms with E-state index in [1.807, 2.05) is 12.1 Å². The molecular formula is C21H24N2O4. The molecule has 3 rings (SSSR count). The lowest BCUT2D eigenvalue weighted by atomic mass is 9.86. The molecule has 2 aromatic heterocycles. The molecule has 1 aromatic carbocycles. The fourth-order valence-electron chi connectivity index (χ4n) is 2.93. The number of esters is 1. The SMILES string of the molecule is COC(=O)c1cc(CNC(=O)c2cc3cc(C(C)(C)C)ccc3[nH]2)oc1C. The molecule has 0 aliphatic heterocycles. The molecule has 0 aliphatic carbocycles. The number of benzene rings is 1. The van der Waals surface area contributed by atoms with E-state index in [9.17, 15) is 9.59 Å². The number of ether oxygens (including phenoxy) is 1. The van der Waals surface area contributed by atoms with Gasteiger partial charge < -0.3 is 19.5 Å². The first-order valence-corrected chi connectivity index (χ1v) is 8.78. The minimum absolute atomic E-state index is 0.0440. The van der Waals surface area contributed by atoms with Crippen molar-refractivity contribution in [3.63, 3.8) is 0 Å². The number of H-pyrrole nitrogens is 1. The number of hydrogen-bond donors (Lipinski definition) is 2. The molecule has 0 saturated carbocycles. The van der Waals surface area contributed by atoms with Gasteiger partial charge in [-0.2, -0.15) is 0 Å². The summed E-state index contributed by atoms with van der Waals surface area (Å²) in [7, 11) is 1.32. The number of hydrogen-bond acceptors (Lipinski definition) is 4. The zero-order chi connectivity index (χ0) is 19.8. The van der Waals surface area contributed by atoms with Crippen molar-refractivity contribution in [2.45, 2.75) is 39.7 Å². The van der Waals surface area contributed by atoms with Gasteiger partial charge in [-0.05, 0) is 42.2 Å². The first-order valence-electron chi connectivity index (χ1n) is 8.78. The van der Waals surface area contributed by atoms with Crippen molar-refractivity contribution in [1.29, 1.82) is 0 Å². The fourth-order valence-corrected chi connectivity index (χ4v) is 2.93. The lowest BCUT2D eigenvalue weighted by Crippen LogP contribution is -2.22. The molecule has 0 bridgehead atoms. The highest BCUT2D eigenvalue weighted by Crippen LogP contribution is 2.26. The highest BCUT2D eigenvalue weighted by Gasteiger charge is 2.18. The molecule has 27 heavy (non-hydrogen) atoms. The summed E-state index contributed by atoms with van der Waals surface area (Å²) >= 11 is 0. The van der Waals surface area contributed by atoms with Crippen LogP contribution in [-0.4, -0.2) is 24.0 Å². The van der Waals surface area contributed by atoms with Crippen molar-refractivity contribution in [2.24, 2.45) is 0 Å². The van der Waals surface area contributed by atoms with Crippen molar-refractivity contribution in [3.05, 3.63) is 58.7 Å². The number of furan rings is 1. The van der Waals surface area contributed by atoms with E-state index in [-0.39, 0.29) is 17.9 Å². The third-order valence-corrected chi connectivity index (χ3v) is 4.53. The lowest BCUT2D eigenvalue weighted by Gasteiger charge is -2.18. The summed E-state index contributed by atoms with van der Waals surface area (Å²) in [6.07, 6.45) is 0. The van der Waals surface area contributed by atoms with E-state index in [1.54, 1.807) is 13.0 Å². The van der Waals surface area contributed by atoms with Crippen molar-refractivity contribution >= 4 is 22.8 Å². The summed E-state index contributed by atoms with van der Waals surface area (Å²) in [5.74, 6) is 0.259. The predicted octanol–water partition coefficient (Wildman–Crippen LogP) is 4.08. The molecule has 0 spiro atoms. The van der Waals surface area contributed by atoms with Crippen LogP contribution < -0.4 is 5.32 Å². The van der Waals surface area contributed by atoms with Crippen molar-refractivity contribution < 1.29 is 18.7 Å². The quantitative estimate of drug-likeness (QED) is 0.680. The van der Waals surface area contributed by atoms with Gasteiger partial charge in [0, 0.05) is 10.9 Å². The van der Waals surface area contributed by atoms with Crippen LogP contribution in [0.2, 0.25) is 0 Å². The fraction of sp³-hybridized carbons (Fsp3) is 0.333. The number of methoxy groups -OCH3 is 1. The van der Waals surface area contributed by atoms with Crippen LogP contribution in [0.3, 0.4) is 0 Å². The lowest BCUT2D eigenvalue weighted by molar-refractivity contribution is 0.0598. The predicted molar refractivity (Wildman–Crippen MR) is 103 cm³/mol. The molecule has 1 amide bonds. The summed E-state index contributed by atoms with van der Waals surface area (Å²) in [5, 5.41) is 3.80. The van der Waals surface area contributed by atoms with Crippen LogP contribution in [0.1, 0.15) is 58.7 Å². The van der Waals surface area contributed by atoms with Gasteiger partial charge in [-0.3, -0.25) is 4.79 Å². The number of nitrogens with one attached hydrogen (secondary N) is 2. The average molecular weight is 368 g/mol. The van der Waals surface area contributed by atoms with Gasteiger partial charge in [0.15, 0.2) is 0 Å². The Labute approximate surface area is 157 Å². The Hall–Kier alpha value is -3.02. The molecule has 0 radical (unpaired) electrons. The molecule has 3 aromatic rings. The number of carbonyl (C=O) groups is 2. The molecule has 6 heteroatoms. The highest BCUT2D eigenvalue weighted by atomic mass is 16.5. The summed E-state index contributed by atoms with van der Waals surface area (Å²) < 4.78 is 10.2. The Balaban J connectivity index is 1.74. The summed E-state index contributed by atoms with van der Waals surface area (Å²) in [5.41, 5.74) is 3.01. The maximum absolute atomic E-state index is 12.5. The van der Waals surface area contributed by atoms with Crippen molar-refractivity contribution in [3.8, 4) is 0 Å². The topological polar surface area (TPSA) is 84.3 Å². The van der Waals surface area contributed by atoms with Gasteiger partial charge in [-0.25, -0.2) is 4.79 Å². The number of rotatable bonds is 4. The molecule has 2 heterocycles. The van der Waals surface area contributed by atoms with Gasteiger partial charge in [0.1, 0.15) is 22.8 Å². The zero-order valence-corrected chi connectivity index (χ0v) is 16.2. The Morgan fingerprint density at radius 1 is 1.19 bits per heavy atom. The molecule has 0 aliphatic rings. The van der Waals surface area contributed by atoms with Gasteiger partial charge >= 0.3 is 5.97 Å². The van der Waals surface area contributed by atoms with Crippen LogP contribution in [-0.2, 0) is 16.7 Å². The average Bonchev–Trinajstić information content (AvgIpc) is 3.20. The van der Waals surface area contributed by atoms with Crippen molar-refractivity contribution in [2.75, 3.05) is 7.11 Å². The molecule has 0 fully saturated rings. The minimum atomic E-state index is -0.459. The summed E-state index contributed by atoms with van der Waals surface area (Å²) in [6, 6.07) is 9.59. The van der Waals surface area contributed by atoms with Gasteiger partial charge in [0.25, 0.3) is 5.91 Å². The molecular weight excluding hydrogens is 344 g/mol. The van der Waals surface area contributed by atoms with E-state index in [1.165, 1.54) is 12.7 Å². The number of aromatic amines is 1. The first-order chi connectivity index (χ1) is 12.7.